The molecule has 0 aliphatic rings. The Morgan fingerprint density at radius 2 is 1.67 bits per heavy atom. The third-order valence-electron chi connectivity index (χ3n) is 3.64. The lowest BCUT2D eigenvalue weighted by Gasteiger charge is -2.20. The molecule has 0 bridgehead atoms. The SMILES string of the molecule is CC(C)(C)OC(=O)Nc1ccc(F)cc1NC(=O)CCNC(=O)c1ccc(Br)cc1. The van der Waals surface area contributed by atoms with Crippen LogP contribution in [0.5, 0.6) is 0 Å². The number of benzene rings is 2. The van der Waals surface area contributed by atoms with Gasteiger partial charge in [0.1, 0.15) is 11.4 Å². The lowest BCUT2D eigenvalue weighted by Crippen LogP contribution is -2.28. The van der Waals surface area contributed by atoms with Crippen LogP contribution in [0.3, 0.4) is 0 Å². The predicted molar refractivity (Wildman–Crippen MR) is 116 cm³/mol. The molecular weight excluding hydrogens is 457 g/mol. The first-order valence-corrected chi connectivity index (χ1v) is 9.96. The molecule has 160 valence electrons. The molecular formula is C21H23BrFN3O4. The summed E-state index contributed by atoms with van der Waals surface area (Å²) in [6.45, 7) is 5.22. The van der Waals surface area contributed by atoms with Crippen molar-refractivity contribution in [3.05, 3.63) is 58.3 Å². The van der Waals surface area contributed by atoms with Gasteiger partial charge in [0.2, 0.25) is 5.91 Å². The van der Waals surface area contributed by atoms with E-state index in [2.05, 4.69) is 31.9 Å². The van der Waals surface area contributed by atoms with E-state index < -0.39 is 23.4 Å². The highest BCUT2D eigenvalue weighted by Gasteiger charge is 2.18. The first kappa shape index (κ1) is 23.3. The first-order chi connectivity index (χ1) is 14.0. The van der Waals surface area contributed by atoms with E-state index in [-0.39, 0.29) is 30.2 Å². The van der Waals surface area contributed by atoms with Crippen molar-refractivity contribution in [2.75, 3.05) is 17.2 Å². The summed E-state index contributed by atoms with van der Waals surface area (Å²) in [4.78, 5) is 36.2. The Hall–Kier alpha value is -2.94. The van der Waals surface area contributed by atoms with Gasteiger partial charge in [0, 0.05) is 23.0 Å². The molecule has 3 N–H and O–H groups in total. The van der Waals surface area contributed by atoms with Crippen LogP contribution < -0.4 is 16.0 Å². The van der Waals surface area contributed by atoms with Crippen molar-refractivity contribution in [1.29, 1.82) is 0 Å². The fourth-order valence-electron chi connectivity index (χ4n) is 2.35. The zero-order valence-electron chi connectivity index (χ0n) is 16.8. The average Bonchev–Trinajstić information content (AvgIpc) is 2.63. The molecule has 0 aromatic heterocycles. The lowest BCUT2D eigenvalue weighted by molar-refractivity contribution is -0.116. The van der Waals surface area contributed by atoms with Crippen LogP contribution in [0.2, 0.25) is 0 Å². The maximum absolute atomic E-state index is 13.6. The minimum atomic E-state index is -0.730. The molecule has 2 aromatic rings. The van der Waals surface area contributed by atoms with Crippen LogP contribution in [0, 0.1) is 5.82 Å². The minimum Gasteiger partial charge on any atom is -0.444 e. The number of hydrogen-bond acceptors (Lipinski definition) is 4. The summed E-state index contributed by atoms with van der Waals surface area (Å²) in [6, 6.07) is 10.4. The molecule has 0 aliphatic carbocycles. The molecule has 0 saturated heterocycles. The molecule has 0 radical (unpaired) electrons. The van der Waals surface area contributed by atoms with Gasteiger partial charge in [-0.25, -0.2) is 9.18 Å². The molecule has 0 fully saturated rings. The van der Waals surface area contributed by atoms with Gasteiger partial charge in [0.15, 0.2) is 0 Å². The Balaban J connectivity index is 1.92. The normalized spacial score (nSPS) is 10.8. The monoisotopic (exact) mass is 479 g/mol. The highest BCUT2D eigenvalue weighted by molar-refractivity contribution is 9.10. The van der Waals surface area contributed by atoms with Crippen molar-refractivity contribution in [1.82, 2.24) is 5.32 Å². The number of carbonyl (C=O) groups is 3. The maximum atomic E-state index is 13.6. The fourth-order valence-corrected chi connectivity index (χ4v) is 2.61. The highest BCUT2D eigenvalue weighted by atomic mass is 79.9. The van der Waals surface area contributed by atoms with Crippen molar-refractivity contribution in [2.24, 2.45) is 0 Å². The number of halogens is 2. The number of amides is 3. The topological polar surface area (TPSA) is 96.5 Å². The van der Waals surface area contributed by atoms with Crippen molar-refractivity contribution in [2.45, 2.75) is 32.8 Å². The number of carbonyl (C=O) groups excluding carboxylic acids is 3. The van der Waals surface area contributed by atoms with Crippen LogP contribution >= 0.6 is 15.9 Å². The third-order valence-corrected chi connectivity index (χ3v) is 4.16. The van der Waals surface area contributed by atoms with E-state index in [1.54, 1.807) is 45.0 Å². The van der Waals surface area contributed by atoms with E-state index in [0.717, 1.165) is 16.6 Å². The van der Waals surface area contributed by atoms with E-state index in [1.165, 1.54) is 6.07 Å². The summed E-state index contributed by atoms with van der Waals surface area (Å²) in [6.07, 6.45) is -0.767. The summed E-state index contributed by atoms with van der Waals surface area (Å²) in [5.74, 6) is -1.35. The molecule has 0 unspecified atom stereocenters. The Labute approximate surface area is 182 Å². The van der Waals surface area contributed by atoms with Gasteiger partial charge in [-0.2, -0.15) is 0 Å². The van der Waals surface area contributed by atoms with Gasteiger partial charge >= 0.3 is 6.09 Å². The number of hydrogen-bond donors (Lipinski definition) is 3. The number of ether oxygens (including phenoxy) is 1. The number of nitrogens with one attached hydrogen (secondary N) is 3. The standard InChI is InChI=1S/C21H23BrFN3O4/c1-21(2,3)30-20(29)26-16-9-8-15(23)12-17(16)25-18(27)10-11-24-19(28)13-4-6-14(22)7-5-13/h4-9,12H,10-11H2,1-3H3,(H,24,28)(H,25,27)(H,26,29). The molecule has 0 aliphatic heterocycles. The van der Waals surface area contributed by atoms with Crippen molar-refractivity contribution in [3.8, 4) is 0 Å². The zero-order valence-corrected chi connectivity index (χ0v) is 18.4. The Kier molecular flexibility index (Phi) is 7.93. The highest BCUT2D eigenvalue weighted by Crippen LogP contribution is 2.24. The zero-order chi connectivity index (χ0) is 22.3. The van der Waals surface area contributed by atoms with Crippen LogP contribution in [0.15, 0.2) is 46.9 Å². The third kappa shape index (κ3) is 7.82. The van der Waals surface area contributed by atoms with Crippen LogP contribution in [-0.4, -0.2) is 30.1 Å². The fraction of sp³-hybridized carbons (Fsp3) is 0.286. The van der Waals surface area contributed by atoms with E-state index >= 15 is 0 Å². The van der Waals surface area contributed by atoms with E-state index in [9.17, 15) is 18.8 Å². The van der Waals surface area contributed by atoms with Gasteiger partial charge in [-0.05, 0) is 63.2 Å². The van der Waals surface area contributed by atoms with Crippen molar-refractivity contribution >= 4 is 45.2 Å². The summed E-state index contributed by atoms with van der Waals surface area (Å²) in [7, 11) is 0. The quantitative estimate of drug-likeness (QED) is 0.559. The second kappa shape index (κ2) is 10.2. The summed E-state index contributed by atoms with van der Waals surface area (Å²) in [5.41, 5.74) is 0.0381. The molecule has 0 atom stereocenters. The molecule has 7 nitrogen and oxygen atoms in total. The molecule has 0 spiro atoms. The molecule has 2 aromatic carbocycles. The molecule has 30 heavy (non-hydrogen) atoms. The summed E-state index contributed by atoms with van der Waals surface area (Å²) < 4.78 is 19.6. The number of rotatable bonds is 6. The van der Waals surface area contributed by atoms with E-state index in [0.29, 0.717) is 5.56 Å². The first-order valence-electron chi connectivity index (χ1n) is 9.17. The van der Waals surface area contributed by atoms with Gasteiger partial charge in [-0.15, -0.1) is 0 Å². The van der Waals surface area contributed by atoms with Gasteiger partial charge in [0.05, 0.1) is 11.4 Å². The number of anilines is 2. The van der Waals surface area contributed by atoms with Gasteiger partial charge in [0.25, 0.3) is 5.91 Å². The summed E-state index contributed by atoms with van der Waals surface area (Å²) >= 11 is 3.29. The van der Waals surface area contributed by atoms with E-state index in [4.69, 9.17) is 4.74 Å². The Morgan fingerprint density at radius 1 is 1.00 bits per heavy atom. The van der Waals surface area contributed by atoms with Gasteiger partial charge in [-0.1, -0.05) is 15.9 Å². The van der Waals surface area contributed by atoms with Gasteiger partial charge in [-0.3, -0.25) is 14.9 Å². The van der Waals surface area contributed by atoms with Crippen LogP contribution in [-0.2, 0) is 9.53 Å². The predicted octanol–water partition coefficient (Wildman–Crippen LogP) is 4.69. The van der Waals surface area contributed by atoms with Gasteiger partial charge < -0.3 is 15.4 Å². The largest absolute Gasteiger partial charge is 0.444 e. The molecule has 3 amide bonds. The average molecular weight is 480 g/mol. The van der Waals surface area contributed by atoms with Crippen LogP contribution in [0.1, 0.15) is 37.6 Å². The molecule has 0 saturated carbocycles. The molecule has 9 heteroatoms. The van der Waals surface area contributed by atoms with E-state index in [1.807, 2.05) is 0 Å². The summed E-state index contributed by atoms with van der Waals surface area (Å²) in [5, 5.41) is 7.66. The smallest absolute Gasteiger partial charge is 0.412 e. The Bertz CT molecular complexity index is 927. The van der Waals surface area contributed by atoms with Crippen molar-refractivity contribution in [3.63, 3.8) is 0 Å². The second-order valence-corrected chi connectivity index (χ2v) is 8.29. The Morgan fingerprint density at radius 3 is 2.30 bits per heavy atom. The second-order valence-electron chi connectivity index (χ2n) is 7.38. The van der Waals surface area contributed by atoms with Crippen LogP contribution in [0.25, 0.3) is 0 Å². The lowest BCUT2D eigenvalue weighted by atomic mass is 10.2. The maximum Gasteiger partial charge on any atom is 0.412 e. The minimum absolute atomic E-state index is 0.0370. The van der Waals surface area contributed by atoms with Crippen molar-refractivity contribution < 1.29 is 23.5 Å². The molecule has 2 rings (SSSR count). The van der Waals surface area contributed by atoms with Crippen LogP contribution in [0.4, 0.5) is 20.6 Å². The molecule has 0 heterocycles.